The predicted molar refractivity (Wildman–Crippen MR) is 92.1 cm³/mol. The van der Waals surface area contributed by atoms with Crippen LogP contribution in [0.2, 0.25) is 0 Å². The zero-order valence-electron chi connectivity index (χ0n) is 13.9. The first kappa shape index (κ1) is 17.5. The van der Waals surface area contributed by atoms with Crippen molar-refractivity contribution < 1.29 is 19.1 Å². The van der Waals surface area contributed by atoms with E-state index in [2.05, 4.69) is 20.7 Å². The van der Waals surface area contributed by atoms with E-state index in [0.717, 1.165) is 0 Å². The van der Waals surface area contributed by atoms with Gasteiger partial charge >= 0.3 is 0 Å². The van der Waals surface area contributed by atoms with Gasteiger partial charge in [-0.15, -0.1) is 5.10 Å². The van der Waals surface area contributed by atoms with Crippen molar-refractivity contribution in [2.24, 2.45) is 0 Å². The standard InChI is InChI=1S/C17H16FN5O3/c1-10(25)20-17-21-14-6-5-11(9-23(14)22-17)12-3-2-4-13(15(12)18)16(26)19-7-8-24/h2-6,9,24H,7-8H2,1H3,(H,19,26)(H,20,22,25). The van der Waals surface area contributed by atoms with E-state index in [1.807, 2.05) is 0 Å². The van der Waals surface area contributed by atoms with Crippen molar-refractivity contribution in [3.05, 3.63) is 47.9 Å². The van der Waals surface area contributed by atoms with Gasteiger partial charge in [0.25, 0.3) is 5.91 Å². The summed E-state index contributed by atoms with van der Waals surface area (Å²) in [5.74, 6) is -1.43. The minimum atomic E-state index is -0.676. The van der Waals surface area contributed by atoms with E-state index in [4.69, 9.17) is 5.11 Å². The van der Waals surface area contributed by atoms with E-state index >= 15 is 0 Å². The highest BCUT2D eigenvalue weighted by molar-refractivity contribution is 5.95. The first-order chi connectivity index (χ1) is 12.5. The number of hydrogen-bond acceptors (Lipinski definition) is 5. The van der Waals surface area contributed by atoms with E-state index in [-0.39, 0.29) is 36.1 Å². The van der Waals surface area contributed by atoms with Crippen LogP contribution in [-0.4, -0.2) is 44.7 Å². The molecule has 0 saturated heterocycles. The van der Waals surface area contributed by atoms with Crippen LogP contribution in [0.25, 0.3) is 16.8 Å². The number of halogens is 1. The van der Waals surface area contributed by atoms with E-state index in [0.29, 0.717) is 11.2 Å². The Morgan fingerprint density at radius 3 is 2.81 bits per heavy atom. The monoisotopic (exact) mass is 357 g/mol. The smallest absolute Gasteiger partial charge is 0.254 e. The molecule has 0 aliphatic heterocycles. The summed E-state index contributed by atoms with van der Waals surface area (Å²) in [5.41, 5.74) is 1.08. The van der Waals surface area contributed by atoms with Crippen molar-refractivity contribution in [3.8, 4) is 11.1 Å². The van der Waals surface area contributed by atoms with Gasteiger partial charge in [-0.25, -0.2) is 8.91 Å². The Labute approximate surface area is 147 Å². The zero-order valence-corrected chi connectivity index (χ0v) is 13.9. The Morgan fingerprint density at radius 1 is 1.27 bits per heavy atom. The lowest BCUT2D eigenvalue weighted by atomic mass is 10.0. The molecule has 134 valence electrons. The van der Waals surface area contributed by atoms with E-state index < -0.39 is 11.7 Å². The number of nitrogens with zero attached hydrogens (tertiary/aromatic N) is 3. The quantitative estimate of drug-likeness (QED) is 0.636. The predicted octanol–water partition coefficient (Wildman–Crippen LogP) is 1.22. The molecular formula is C17H16FN5O3. The van der Waals surface area contributed by atoms with Crippen molar-refractivity contribution >= 4 is 23.4 Å². The summed E-state index contributed by atoms with van der Waals surface area (Å²) in [6, 6.07) is 7.76. The van der Waals surface area contributed by atoms with E-state index in [1.54, 1.807) is 30.5 Å². The highest BCUT2D eigenvalue weighted by Crippen LogP contribution is 2.25. The molecule has 0 unspecified atom stereocenters. The number of nitrogens with one attached hydrogen (secondary N) is 2. The lowest BCUT2D eigenvalue weighted by Gasteiger charge is -2.09. The number of carbonyl (C=O) groups excluding carboxylic acids is 2. The third kappa shape index (κ3) is 3.52. The number of amides is 2. The van der Waals surface area contributed by atoms with Gasteiger partial charge in [-0.3, -0.25) is 14.9 Å². The van der Waals surface area contributed by atoms with Crippen molar-refractivity contribution in [1.82, 2.24) is 19.9 Å². The Bertz CT molecular complexity index is 986. The fraction of sp³-hybridized carbons (Fsp3) is 0.176. The number of benzene rings is 1. The van der Waals surface area contributed by atoms with Gasteiger partial charge < -0.3 is 10.4 Å². The molecule has 3 N–H and O–H groups in total. The number of fused-ring (bicyclic) bond motifs is 1. The number of aliphatic hydroxyl groups excluding tert-OH is 1. The molecule has 1 aromatic carbocycles. The number of aliphatic hydroxyl groups is 1. The maximum atomic E-state index is 14.8. The van der Waals surface area contributed by atoms with E-state index in [9.17, 15) is 14.0 Å². The number of pyridine rings is 1. The Kier molecular flexibility index (Phi) is 4.90. The molecule has 0 spiro atoms. The topological polar surface area (TPSA) is 109 Å². The van der Waals surface area contributed by atoms with Crippen molar-refractivity contribution in [2.75, 3.05) is 18.5 Å². The van der Waals surface area contributed by atoms with Gasteiger partial charge in [0.2, 0.25) is 11.9 Å². The van der Waals surface area contributed by atoms with Crippen LogP contribution in [0.4, 0.5) is 10.3 Å². The third-order valence-electron chi connectivity index (χ3n) is 3.57. The Morgan fingerprint density at radius 2 is 2.08 bits per heavy atom. The van der Waals surface area contributed by atoms with Crippen LogP contribution >= 0.6 is 0 Å². The molecule has 0 bridgehead atoms. The molecule has 26 heavy (non-hydrogen) atoms. The van der Waals surface area contributed by atoms with Gasteiger partial charge in [0, 0.05) is 30.8 Å². The SMILES string of the molecule is CC(=O)Nc1nc2ccc(-c3cccc(C(=O)NCCO)c3F)cn2n1. The molecule has 0 atom stereocenters. The maximum absolute atomic E-state index is 14.8. The first-order valence-electron chi connectivity index (χ1n) is 7.81. The molecule has 3 aromatic rings. The second kappa shape index (κ2) is 7.28. The summed E-state index contributed by atoms with van der Waals surface area (Å²) < 4.78 is 16.2. The minimum absolute atomic E-state index is 0.0410. The summed E-state index contributed by atoms with van der Waals surface area (Å²) in [6.07, 6.45) is 1.56. The molecule has 0 fully saturated rings. The first-order valence-corrected chi connectivity index (χ1v) is 7.81. The number of aromatic nitrogens is 3. The van der Waals surface area contributed by atoms with Gasteiger partial charge in [0.05, 0.1) is 12.2 Å². The second-order valence-corrected chi connectivity index (χ2v) is 5.48. The molecule has 9 heteroatoms. The van der Waals surface area contributed by atoms with Crippen LogP contribution in [0.5, 0.6) is 0 Å². The van der Waals surface area contributed by atoms with Crippen molar-refractivity contribution in [2.45, 2.75) is 6.92 Å². The zero-order chi connectivity index (χ0) is 18.7. The average molecular weight is 357 g/mol. The van der Waals surface area contributed by atoms with Crippen LogP contribution in [0.15, 0.2) is 36.5 Å². The van der Waals surface area contributed by atoms with Crippen LogP contribution in [0, 0.1) is 5.82 Å². The van der Waals surface area contributed by atoms with Crippen LogP contribution in [0.1, 0.15) is 17.3 Å². The summed E-state index contributed by atoms with van der Waals surface area (Å²) >= 11 is 0. The highest BCUT2D eigenvalue weighted by Gasteiger charge is 2.16. The Balaban J connectivity index is 1.98. The highest BCUT2D eigenvalue weighted by atomic mass is 19.1. The molecule has 2 amide bonds. The number of rotatable bonds is 5. The molecule has 2 heterocycles. The van der Waals surface area contributed by atoms with Gasteiger partial charge in [0.15, 0.2) is 5.65 Å². The molecule has 0 saturated carbocycles. The number of anilines is 1. The van der Waals surface area contributed by atoms with Crippen molar-refractivity contribution in [3.63, 3.8) is 0 Å². The minimum Gasteiger partial charge on any atom is -0.395 e. The van der Waals surface area contributed by atoms with Crippen molar-refractivity contribution in [1.29, 1.82) is 0 Å². The fourth-order valence-corrected chi connectivity index (χ4v) is 2.45. The summed E-state index contributed by atoms with van der Waals surface area (Å²) in [5, 5.41) is 17.8. The van der Waals surface area contributed by atoms with Gasteiger partial charge in [-0.1, -0.05) is 12.1 Å². The van der Waals surface area contributed by atoms with Gasteiger partial charge in [0.1, 0.15) is 5.82 Å². The number of carbonyl (C=O) groups is 2. The molecule has 3 rings (SSSR count). The molecule has 8 nitrogen and oxygen atoms in total. The molecule has 0 aliphatic rings. The normalized spacial score (nSPS) is 10.7. The summed E-state index contributed by atoms with van der Waals surface area (Å²) in [6.45, 7) is 1.16. The molecule has 0 aliphatic carbocycles. The van der Waals surface area contributed by atoms with Crippen LogP contribution in [0.3, 0.4) is 0 Å². The maximum Gasteiger partial charge on any atom is 0.254 e. The lowest BCUT2D eigenvalue weighted by Crippen LogP contribution is -2.27. The van der Waals surface area contributed by atoms with Crippen LogP contribution < -0.4 is 10.6 Å². The third-order valence-corrected chi connectivity index (χ3v) is 3.57. The van der Waals surface area contributed by atoms with Gasteiger partial charge in [-0.2, -0.15) is 4.98 Å². The van der Waals surface area contributed by atoms with E-state index in [1.165, 1.54) is 17.5 Å². The second-order valence-electron chi connectivity index (χ2n) is 5.48. The van der Waals surface area contributed by atoms with Gasteiger partial charge in [-0.05, 0) is 18.2 Å². The molecule has 0 radical (unpaired) electrons. The largest absolute Gasteiger partial charge is 0.395 e. The van der Waals surface area contributed by atoms with Crippen LogP contribution in [-0.2, 0) is 4.79 Å². The lowest BCUT2D eigenvalue weighted by molar-refractivity contribution is -0.114. The summed E-state index contributed by atoms with van der Waals surface area (Å²) in [4.78, 5) is 27.2. The fourth-order valence-electron chi connectivity index (χ4n) is 2.45. The molecule has 2 aromatic heterocycles. The summed E-state index contributed by atoms with van der Waals surface area (Å²) in [7, 11) is 0. The average Bonchev–Trinajstić information content (AvgIpc) is 3.00. The Hall–Kier alpha value is -3.33. The molecular weight excluding hydrogens is 341 g/mol. The number of hydrogen-bond donors (Lipinski definition) is 3.